The molecular weight excluding hydrogens is 278 g/mol. The van der Waals surface area contributed by atoms with Crippen LogP contribution in [0.4, 0.5) is 12.9 Å². The van der Waals surface area contributed by atoms with Gasteiger partial charge in [-0.05, 0) is 35.5 Å². The number of thiophene rings is 1. The van der Waals surface area contributed by atoms with Crippen LogP contribution < -0.4 is 0 Å². The van der Waals surface area contributed by atoms with E-state index in [1.54, 1.807) is 0 Å². The Morgan fingerprint density at radius 2 is 2.14 bits per heavy atom. The Kier molecular flexibility index (Phi) is 4.03. The van der Waals surface area contributed by atoms with Gasteiger partial charge in [0.2, 0.25) is 0 Å². The molecule has 0 fully saturated rings. The van der Waals surface area contributed by atoms with E-state index in [9.17, 15) is 12.9 Å². The molecule has 0 atom stereocenters. The standard InChI is InChI=1S/C7H9BBrF3NS/c1-13(5-8(10,11)12)3-7-2-6(9)4-14-7/h2,4H,3,5H2,1H3/q-1. The Labute approximate surface area is 93.1 Å². The SMILES string of the molecule is CN(Cc1cc(Br)cs1)C[B-](F)(F)F. The van der Waals surface area contributed by atoms with Crippen LogP contribution in [0.2, 0.25) is 0 Å². The monoisotopic (exact) mass is 286 g/mol. The average Bonchev–Trinajstić information content (AvgIpc) is 2.30. The third kappa shape index (κ3) is 4.48. The van der Waals surface area contributed by atoms with Crippen LogP contribution in [-0.2, 0) is 6.54 Å². The highest BCUT2D eigenvalue weighted by atomic mass is 79.9. The second kappa shape index (κ2) is 4.68. The average molecular weight is 287 g/mol. The van der Waals surface area contributed by atoms with E-state index in [1.807, 2.05) is 11.4 Å². The molecule has 0 saturated carbocycles. The van der Waals surface area contributed by atoms with Crippen molar-refractivity contribution in [3.63, 3.8) is 0 Å². The molecule has 1 aromatic heterocycles. The molecule has 0 saturated heterocycles. The Hall–Kier alpha value is -0.00506. The third-order valence-corrected chi connectivity index (χ3v) is 3.25. The van der Waals surface area contributed by atoms with Gasteiger partial charge in [0.15, 0.2) is 0 Å². The van der Waals surface area contributed by atoms with Crippen LogP contribution in [0.15, 0.2) is 15.9 Å². The Morgan fingerprint density at radius 3 is 2.57 bits per heavy atom. The molecule has 7 heteroatoms. The highest BCUT2D eigenvalue weighted by Crippen LogP contribution is 2.21. The summed E-state index contributed by atoms with van der Waals surface area (Å²) in [4.78, 5) is 2.21. The minimum atomic E-state index is -4.72. The van der Waals surface area contributed by atoms with Crippen LogP contribution in [0.25, 0.3) is 0 Å². The Morgan fingerprint density at radius 1 is 1.50 bits per heavy atom. The fourth-order valence-electron chi connectivity index (χ4n) is 1.12. The zero-order valence-corrected chi connectivity index (χ0v) is 9.92. The van der Waals surface area contributed by atoms with E-state index >= 15 is 0 Å². The van der Waals surface area contributed by atoms with Crippen molar-refractivity contribution in [1.29, 1.82) is 0 Å². The van der Waals surface area contributed by atoms with Crippen molar-refractivity contribution in [2.24, 2.45) is 0 Å². The number of nitrogens with zero attached hydrogens (tertiary/aromatic N) is 1. The smallest absolute Gasteiger partial charge is 0.448 e. The van der Waals surface area contributed by atoms with Gasteiger partial charge in [0, 0.05) is 21.3 Å². The van der Waals surface area contributed by atoms with Crippen molar-refractivity contribution < 1.29 is 12.9 Å². The van der Waals surface area contributed by atoms with E-state index in [2.05, 4.69) is 15.9 Å². The van der Waals surface area contributed by atoms with Crippen LogP contribution in [-0.4, -0.2) is 25.4 Å². The first kappa shape index (κ1) is 12.1. The van der Waals surface area contributed by atoms with Crippen molar-refractivity contribution in [1.82, 2.24) is 4.90 Å². The molecule has 0 N–H and O–H groups in total. The molecule has 0 spiro atoms. The zero-order valence-electron chi connectivity index (χ0n) is 7.51. The lowest BCUT2D eigenvalue weighted by atomic mass is 9.91. The molecule has 0 aliphatic heterocycles. The zero-order chi connectivity index (χ0) is 10.8. The highest BCUT2D eigenvalue weighted by molar-refractivity contribution is 9.10. The summed E-state index contributed by atoms with van der Waals surface area (Å²) in [5.41, 5.74) is 0. The number of rotatable bonds is 4. The summed E-state index contributed by atoms with van der Waals surface area (Å²) in [7, 11) is 1.48. The summed E-state index contributed by atoms with van der Waals surface area (Å²) in [6, 6.07) is 1.84. The molecule has 1 rings (SSSR count). The quantitative estimate of drug-likeness (QED) is 0.768. The summed E-state index contributed by atoms with van der Waals surface area (Å²) >= 11 is 4.71. The first-order valence-electron chi connectivity index (χ1n) is 3.99. The third-order valence-electron chi connectivity index (χ3n) is 1.57. The van der Waals surface area contributed by atoms with Gasteiger partial charge in [0.25, 0.3) is 0 Å². The molecule has 0 bridgehead atoms. The van der Waals surface area contributed by atoms with Gasteiger partial charge in [0.1, 0.15) is 0 Å². The largest absolute Gasteiger partial charge is 0.492 e. The van der Waals surface area contributed by atoms with Crippen molar-refractivity contribution in [2.45, 2.75) is 6.54 Å². The molecule has 1 nitrogen and oxygen atoms in total. The Balaban J connectivity index is 2.45. The predicted octanol–water partition coefficient (Wildman–Crippen LogP) is 3.33. The predicted molar refractivity (Wildman–Crippen MR) is 57.4 cm³/mol. The van der Waals surface area contributed by atoms with Gasteiger partial charge in [-0.25, -0.2) is 0 Å². The summed E-state index contributed by atoms with van der Waals surface area (Å²) < 4.78 is 37.0. The van der Waals surface area contributed by atoms with E-state index in [0.29, 0.717) is 6.54 Å². The maximum atomic E-state index is 12.0. The first-order chi connectivity index (χ1) is 6.37. The van der Waals surface area contributed by atoms with Crippen LogP contribution in [0.1, 0.15) is 4.88 Å². The van der Waals surface area contributed by atoms with Gasteiger partial charge in [-0.15, -0.1) is 11.3 Å². The van der Waals surface area contributed by atoms with E-state index < -0.39 is 13.4 Å². The van der Waals surface area contributed by atoms with Gasteiger partial charge in [0.05, 0.1) is 0 Å². The van der Waals surface area contributed by atoms with Gasteiger partial charge >= 0.3 is 6.98 Å². The van der Waals surface area contributed by atoms with Gasteiger partial charge in [-0.3, -0.25) is 0 Å². The normalized spacial score (nSPS) is 12.4. The molecule has 0 radical (unpaired) electrons. The molecule has 1 aromatic rings. The van der Waals surface area contributed by atoms with Crippen molar-refractivity contribution in [3.8, 4) is 0 Å². The first-order valence-corrected chi connectivity index (χ1v) is 5.66. The molecule has 0 unspecified atom stereocenters. The topological polar surface area (TPSA) is 3.24 Å². The minimum Gasteiger partial charge on any atom is -0.448 e. The number of hydrogen-bond acceptors (Lipinski definition) is 2. The summed E-state index contributed by atoms with van der Waals surface area (Å²) in [6.07, 6.45) is -0.810. The summed E-state index contributed by atoms with van der Waals surface area (Å²) in [5, 5.41) is 1.86. The molecule has 14 heavy (non-hydrogen) atoms. The highest BCUT2D eigenvalue weighted by Gasteiger charge is 2.24. The minimum absolute atomic E-state index is 0.345. The maximum absolute atomic E-state index is 12.0. The second-order valence-corrected chi connectivity index (χ2v) is 5.05. The van der Waals surface area contributed by atoms with Crippen molar-refractivity contribution in [3.05, 3.63) is 20.8 Å². The Bertz CT molecular complexity index is 301. The van der Waals surface area contributed by atoms with Crippen LogP contribution in [0, 0.1) is 0 Å². The molecule has 1 heterocycles. The van der Waals surface area contributed by atoms with Gasteiger partial charge in [-0.2, -0.15) is 0 Å². The molecular formula is C7H9BBrF3NS-. The molecule has 80 valence electrons. The van der Waals surface area contributed by atoms with E-state index in [1.165, 1.54) is 23.3 Å². The fourth-order valence-corrected chi connectivity index (χ4v) is 2.65. The van der Waals surface area contributed by atoms with E-state index in [-0.39, 0.29) is 0 Å². The lowest BCUT2D eigenvalue weighted by molar-refractivity contribution is 0.325. The summed E-state index contributed by atoms with van der Waals surface area (Å²) in [6.45, 7) is -4.37. The molecule has 0 aliphatic rings. The van der Waals surface area contributed by atoms with Crippen LogP contribution in [0.3, 0.4) is 0 Å². The lowest BCUT2D eigenvalue weighted by Crippen LogP contribution is -2.34. The number of hydrogen-bond donors (Lipinski definition) is 0. The fraction of sp³-hybridized carbons (Fsp3) is 0.429. The van der Waals surface area contributed by atoms with E-state index in [4.69, 9.17) is 0 Å². The van der Waals surface area contributed by atoms with E-state index in [0.717, 1.165) is 9.35 Å². The summed E-state index contributed by atoms with van der Waals surface area (Å²) in [5.74, 6) is 0. The lowest BCUT2D eigenvalue weighted by Gasteiger charge is -2.22. The van der Waals surface area contributed by atoms with Crippen molar-refractivity contribution in [2.75, 3.05) is 13.5 Å². The van der Waals surface area contributed by atoms with Crippen molar-refractivity contribution >= 4 is 34.2 Å². The van der Waals surface area contributed by atoms with Gasteiger partial charge < -0.3 is 17.8 Å². The van der Waals surface area contributed by atoms with Crippen LogP contribution in [0.5, 0.6) is 0 Å². The van der Waals surface area contributed by atoms with Gasteiger partial charge in [-0.1, -0.05) is 0 Å². The molecule has 0 aliphatic carbocycles. The maximum Gasteiger partial charge on any atom is 0.492 e. The van der Waals surface area contributed by atoms with Crippen LogP contribution >= 0.6 is 27.3 Å². The second-order valence-electron chi connectivity index (χ2n) is 3.14. The molecule has 0 amide bonds. The molecule has 0 aromatic carbocycles. The number of halogens is 4.